The van der Waals surface area contributed by atoms with Crippen molar-refractivity contribution < 1.29 is 14.6 Å². The van der Waals surface area contributed by atoms with Crippen LogP contribution in [0.4, 0.5) is 0 Å². The van der Waals surface area contributed by atoms with E-state index >= 15 is 0 Å². The van der Waals surface area contributed by atoms with E-state index in [1.807, 2.05) is 42.5 Å². The first kappa shape index (κ1) is 26.1. The van der Waals surface area contributed by atoms with Crippen LogP contribution in [0.3, 0.4) is 0 Å². The number of benzene rings is 3. The van der Waals surface area contributed by atoms with Crippen molar-refractivity contribution in [1.29, 1.82) is 0 Å². The molecular formula is C32H29N3O4. The summed E-state index contributed by atoms with van der Waals surface area (Å²) in [6.07, 6.45) is 1.48. The molecule has 4 aromatic rings. The topological polar surface area (TPSA) is 95.5 Å². The van der Waals surface area contributed by atoms with Crippen molar-refractivity contribution in [3.63, 3.8) is 0 Å². The summed E-state index contributed by atoms with van der Waals surface area (Å²) in [5, 5.41) is 10.4. The van der Waals surface area contributed by atoms with Gasteiger partial charge in [0.05, 0.1) is 25.5 Å². The molecule has 2 heterocycles. The van der Waals surface area contributed by atoms with E-state index in [1.54, 1.807) is 24.3 Å². The summed E-state index contributed by atoms with van der Waals surface area (Å²) in [5.41, 5.74) is 3.78. The van der Waals surface area contributed by atoms with Gasteiger partial charge in [-0.15, -0.1) is 0 Å². The quantitative estimate of drug-likeness (QED) is 0.284. The van der Waals surface area contributed by atoms with Crippen LogP contribution in [0.1, 0.15) is 44.2 Å². The Labute approximate surface area is 227 Å². The number of carbonyl (C=O) groups is 1. The van der Waals surface area contributed by atoms with Crippen molar-refractivity contribution in [3.05, 3.63) is 129 Å². The van der Waals surface area contributed by atoms with Crippen LogP contribution in [0.15, 0.2) is 90.0 Å². The highest BCUT2D eigenvalue weighted by Gasteiger charge is 2.27. The minimum absolute atomic E-state index is 0.0635. The molecule has 0 aliphatic carbocycles. The van der Waals surface area contributed by atoms with Crippen LogP contribution >= 0.6 is 0 Å². The molecule has 39 heavy (non-hydrogen) atoms. The molecule has 1 unspecified atom stereocenters. The van der Waals surface area contributed by atoms with E-state index in [2.05, 4.69) is 38.8 Å². The predicted molar refractivity (Wildman–Crippen MR) is 149 cm³/mol. The Hall–Kier alpha value is -4.51. The predicted octanol–water partition coefficient (Wildman–Crippen LogP) is 3.92. The molecule has 1 fully saturated rings. The molecule has 5 rings (SSSR count). The van der Waals surface area contributed by atoms with Crippen molar-refractivity contribution in [3.8, 4) is 17.6 Å². The Morgan fingerprint density at radius 1 is 0.923 bits per heavy atom. The van der Waals surface area contributed by atoms with Crippen LogP contribution in [0.2, 0.25) is 0 Å². The van der Waals surface area contributed by atoms with Crippen LogP contribution in [0.25, 0.3) is 0 Å². The summed E-state index contributed by atoms with van der Waals surface area (Å²) in [4.78, 5) is 34.3. The van der Waals surface area contributed by atoms with Gasteiger partial charge in [-0.25, -0.2) is 4.98 Å². The van der Waals surface area contributed by atoms with E-state index in [1.165, 1.54) is 11.9 Å². The first-order valence-corrected chi connectivity index (χ1v) is 12.9. The molecule has 196 valence electrons. The van der Waals surface area contributed by atoms with Crippen LogP contribution in [0.5, 0.6) is 5.75 Å². The number of ether oxygens (including phenoxy) is 1. The Kier molecular flexibility index (Phi) is 8.27. The van der Waals surface area contributed by atoms with E-state index in [-0.39, 0.29) is 17.9 Å². The summed E-state index contributed by atoms with van der Waals surface area (Å²) >= 11 is 0. The molecule has 7 heteroatoms. The lowest BCUT2D eigenvalue weighted by Crippen LogP contribution is -2.35. The smallest absolute Gasteiger partial charge is 0.293 e. The Morgan fingerprint density at radius 3 is 2.18 bits per heavy atom. The fraction of sp³-hybridized carbons (Fsp3) is 0.219. The zero-order valence-corrected chi connectivity index (χ0v) is 21.5. The molecule has 0 radical (unpaired) electrons. The van der Waals surface area contributed by atoms with E-state index in [0.29, 0.717) is 5.56 Å². The maximum Gasteiger partial charge on any atom is 0.293 e. The third-order valence-electron chi connectivity index (χ3n) is 6.77. The average Bonchev–Trinajstić information content (AvgIpc) is 2.98. The molecule has 3 aromatic carbocycles. The van der Waals surface area contributed by atoms with Gasteiger partial charge in [0, 0.05) is 36.3 Å². The zero-order valence-electron chi connectivity index (χ0n) is 21.5. The minimum Gasteiger partial charge on any atom is -0.502 e. The summed E-state index contributed by atoms with van der Waals surface area (Å²) in [6.45, 7) is 4.41. The van der Waals surface area contributed by atoms with E-state index in [0.717, 1.165) is 49.5 Å². The molecule has 0 saturated carbocycles. The van der Waals surface area contributed by atoms with Gasteiger partial charge in [-0.3, -0.25) is 14.5 Å². The highest BCUT2D eigenvalue weighted by Crippen LogP contribution is 2.28. The number of rotatable bonds is 7. The number of aromatic nitrogens is 2. The Balaban J connectivity index is 1.29. The summed E-state index contributed by atoms with van der Waals surface area (Å²) in [7, 11) is 0. The van der Waals surface area contributed by atoms with Gasteiger partial charge in [0.15, 0.2) is 5.78 Å². The van der Waals surface area contributed by atoms with Gasteiger partial charge < -0.3 is 14.8 Å². The number of morpholine rings is 1. The molecule has 1 aromatic heterocycles. The lowest BCUT2D eigenvalue weighted by molar-refractivity contribution is 0.0342. The fourth-order valence-electron chi connectivity index (χ4n) is 4.59. The molecule has 1 aliphatic rings. The number of H-pyrrole nitrogens is 1. The van der Waals surface area contributed by atoms with Gasteiger partial charge in [0.1, 0.15) is 5.69 Å². The zero-order chi connectivity index (χ0) is 27.0. The van der Waals surface area contributed by atoms with Crippen LogP contribution in [-0.2, 0) is 17.7 Å². The Bertz CT molecular complexity index is 1530. The molecule has 1 aliphatic heterocycles. The minimum atomic E-state index is -0.817. The second kappa shape index (κ2) is 12.4. The lowest BCUT2D eigenvalue weighted by Gasteiger charge is -2.26. The number of hydrogen-bond acceptors (Lipinski definition) is 6. The molecule has 0 amide bonds. The lowest BCUT2D eigenvalue weighted by atomic mass is 9.88. The maximum absolute atomic E-state index is 13.4. The van der Waals surface area contributed by atoms with Crippen molar-refractivity contribution in [2.45, 2.75) is 18.9 Å². The number of Topliss-reactive ketones (excluding diaryl/α,β-unsaturated/α-hetero) is 1. The third kappa shape index (κ3) is 6.68. The molecule has 7 nitrogen and oxygen atoms in total. The first-order valence-electron chi connectivity index (χ1n) is 12.9. The molecule has 0 spiro atoms. The average molecular weight is 520 g/mol. The molecular weight excluding hydrogens is 490 g/mol. The van der Waals surface area contributed by atoms with Gasteiger partial charge in [-0.2, -0.15) is 0 Å². The van der Waals surface area contributed by atoms with Gasteiger partial charge >= 0.3 is 0 Å². The van der Waals surface area contributed by atoms with Gasteiger partial charge in [0.2, 0.25) is 5.75 Å². The highest BCUT2D eigenvalue weighted by atomic mass is 16.5. The largest absolute Gasteiger partial charge is 0.502 e. The third-order valence-corrected chi connectivity index (χ3v) is 6.77. The fourth-order valence-corrected chi connectivity index (χ4v) is 4.59. The Morgan fingerprint density at radius 2 is 1.54 bits per heavy atom. The summed E-state index contributed by atoms with van der Waals surface area (Å²) in [5.74, 6) is 4.84. The number of hydrogen-bond donors (Lipinski definition) is 2. The summed E-state index contributed by atoms with van der Waals surface area (Å²) in [6, 6.07) is 24.8. The normalized spacial score (nSPS) is 14.3. The SMILES string of the molecule is O=C(c1ccccc1)C(Cc1ccc(C#Cc2ccc(CN3CCOCC3)cc2)cc1)c1nc[nH]c(=O)c1O. The maximum atomic E-state index is 13.4. The van der Waals surface area contributed by atoms with Crippen molar-refractivity contribution >= 4 is 5.78 Å². The van der Waals surface area contributed by atoms with E-state index < -0.39 is 17.2 Å². The summed E-state index contributed by atoms with van der Waals surface area (Å²) < 4.78 is 5.41. The second-order valence-electron chi connectivity index (χ2n) is 9.48. The van der Waals surface area contributed by atoms with Gasteiger partial charge in [-0.05, 0) is 41.8 Å². The van der Waals surface area contributed by atoms with E-state index in [4.69, 9.17) is 4.74 Å². The first-order chi connectivity index (χ1) is 19.1. The number of ketones is 1. The number of aromatic hydroxyl groups is 1. The van der Waals surface area contributed by atoms with E-state index in [9.17, 15) is 14.7 Å². The van der Waals surface area contributed by atoms with Crippen molar-refractivity contribution in [2.75, 3.05) is 26.3 Å². The van der Waals surface area contributed by atoms with Crippen molar-refractivity contribution in [2.24, 2.45) is 0 Å². The monoisotopic (exact) mass is 519 g/mol. The molecule has 1 atom stereocenters. The highest BCUT2D eigenvalue weighted by molar-refractivity contribution is 6.01. The second-order valence-corrected chi connectivity index (χ2v) is 9.48. The van der Waals surface area contributed by atoms with Crippen molar-refractivity contribution in [1.82, 2.24) is 14.9 Å². The van der Waals surface area contributed by atoms with Crippen LogP contribution < -0.4 is 5.56 Å². The number of nitrogens with one attached hydrogen (secondary N) is 1. The molecule has 0 bridgehead atoms. The van der Waals surface area contributed by atoms with Crippen LogP contribution in [0, 0.1) is 11.8 Å². The number of nitrogens with zero attached hydrogens (tertiary/aromatic N) is 2. The van der Waals surface area contributed by atoms with Gasteiger partial charge in [0.25, 0.3) is 5.56 Å². The van der Waals surface area contributed by atoms with Gasteiger partial charge in [-0.1, -0.05) is 66.4 Å². The molecule has 1 saturated heterocycles. The van der Waals surface area contributed by atoms with Crippen LogP contribution in [-0.4, -0.2) is 52.1 Å². The molecule has 2 N–H and O–H groups in total. The number of aromatic amines is 1. The standard InChI is InChI=1S/C32H29N3O4/c36-30(27-4-2-1-3-5-27)28(29-31(37)32(38)34-22-33-29)20-25-12-8-23(9-13-25)6-7-24-10-14-26(15-11-24)21-35-16-18-39-19-17-35/h1-5,8-15,22,28,37H,16-21H2,(H,33,34,38). The number of carbonyl (C=O) groups excluding carboxylic acids is 1.